The second-order valence-electron chi connectivity index (χ2n) is 6.88. The number of amides is 2. The largest absolute Gasteiger partial charge is 0.354 e. The summed E-state index contributed by atoms with van der Waals surface area (Å²) < 4.78 is 0. The predicted molar refractivity (Wildman–Crippen MR) is 114 cm³/mol. The molecule has 1 atom stereocenters. The number of benzene rings is 2. The molecule has 0 radical (unpaired) electrons. The van der Waals surface area contributed by atoms with Crippen molar-refractivity contribution in [3.05, 3.63) is 70.7 Å². The number of nitrogens with zero attached hydrogens (tertiary/aromatic N) is 1. The fourth-order valence-corrected chi connectivity index (χ4v) is 3.34. The van der Waals surface area contributed by atoms with Gasteiger partial charge in [0.25, 0.3) is 0 Å². The fraction of sp³-hybridized carbons (Fsp3) is 0.391. The van der Waals surface area contributed by atoms with Crippen LogP contribution in [0.5, 0.6) is 0 Å². The van der Waals surface area contributed by atoms with Crippen molar-refractivity contribution < 1.29 is 9.59 Å². The molecule has 2 aromatic carbocycles. The molecule has 2 rings (SSSR count). The summed E-state index contributed by atoms with van der Waals surface area (Å²) in [5.41, 5.74) is 1.85. The van der Waals surface area contributed by atoms with Gasteiger partial charge in [0.2, 0.25) is 11.8 Å². The van der Waals surface area contributed by atoms with E-state index in [1.54, 1.807) is 17.0 Å². The topological polar surface area (TPSA) is 49.4 Å². The Hall–Kier alpha value is -2.33. The fourth-order valence-electron chi connectivity index (χ4n) is 3.13. The molecule has 0 aliphatic heterocycles. The molecule has 1 N–H and O–H groups in total. The molecule has 0 saturated carbocycles. The first kappa shape index (κ1) is 22.0. The molecule has 0 fully saturated rings. The van der Waals surface area contributed by atoms with Crippen LogP contribution in [-0.2, 0) is 22.6 Å². The zero-order chi connectivity index (χ0) is 20.4. The molecular weight excluding hydrogens is 372 g/mol. The number of unbranched alkanes of at least 4 members (excludes halogenated alkanes) is 1. The van der Waals surface area contributed by atoms with Crippen molar-refractivity contribution in [2.75, 3.05) is 6.54 Å². The van der Waals surface area contributed by atoms with Gasteiger partial charge in [-0.05, 0) is 36.1 Å². The lowest BCUT2D eigenvalue weighted by atomic mass is 10.1. The minimum atomic E-state index is -0.497. The summed E-state index contributed by atoms with van der Waals surface area (Å²) in [6, 6.07) is 16.6. The van der Waals surface area contributed by atoms with Gasteiger partial charge in [-0.3, -0.25) is 9.59 Å². The number of carbonyl (C=O) groups excluding carboxylic acids is 2. The first-order valence-corrected chi connectivity index (χ1v) is 10.3. The number of halogens is 1. The molecule has 0 aromatic heterocycles. The van der Waals surface area contributed by atoms with Crippen LogP contribution >= 0.6 is 11.6 Å². The van der Waals surface area contributed by atoms with E-state index in [4.69, 9.17) is 11.6 Å². The molecule has 0 bridgehead atoms. The standard InChI is InChI=1S/C23H29ClN2O2/c1-3-5-14-25-23(28)21(4-2)26(17-18-10-7-6-8-11-18)22(27)16-19-12-9-13-20(24)15-19/h6-13,15,21H,3-5,14,16-17H2,1-2H3,(H,25,28)/t21-/m0/s1. The van der Waals surface area contributed by atoms with E-state index >= 15 is 0 Å². The second kappa shape index (κ2) is 11.5. The molecule has 0 aliphatic carbocycles. The maximum absolute atomic E-state index is 13.2. The SMILES string of the molecule is CCCCNC(=O)[C@H](CC)N(Cc1ccccc1)C(=O)Cc1cccc(Cl)c1. The van der Waals surface area contributed by atoms with E-state index < -0.39 is 6.04 Å². The Balaban J connectivity index is 2.21. The van der Waals surface area contributed by atoms with E-state index in [1.807, 2.05) is 49.4 Å². The Kier molecular flexibility index (Phi) is 9.02. The third-order valence-electron chi connectivity index (χ3n) is 4.66. The van der Waals surface area contributed by atoms with E-state index in [-0.39, 0.29) is 18.2 Å². The van der Waals surface area contributed by atoms with Crippen molar-refractivity contribution in [3.63, 3.8) is 0 Å². The highest BCUT2D eigenvalue weighted by Crippen LogP contribution is 2.16. The molecule has 28 heavy (non-hydrogen) atoms. The van der Waals surface area contributed by atoms with E-state index in [0.717, 1.165) is 24.0 Å². The minimum absolute atomic E-state index is 0.0800. The van der Waals surface area contributed by atoms with Crippen LogP contribution in [0.1, 0.15) is 44.2 Å². The first-order chi connectivity index (χ1) is 13.5. The molecule has 2 amide bonds. The van der Waals surface area contributed by atoms with Crippen LogP contribution in [0.2, 0.25) is 5.02 Å². The lowest BCUT2D eigenvalue weighted by Crippen LogP contribution is -2.49. The molecule has 0 heterocycles. The number of hydrogen-bond acceptors (Lipinski definition) is 2. The maximum Gasteiger partial charge on any atom is 0.242 e. The van der Waals surface area contributed by atoms with Gasteiger partial charge in [-0.2, -0.15) is 0 Å². The van der Waals surface area contributed by atoms with Crippen LogP contribution in [0.4, 0.5) is 0 Å². The predicted octanol–water partition coefficient (Wildman–Crippen LogP) is 4.61. The van der Waals surface area contributed by atoms with Crippen molar-refractivity contribution >= 4 is 23.4 Å². The third kappa shape index (κ3) is 6.68. The van der Waals surface area contributed by atoms with Crippen LogP contribution in [-0.4, -0.2) is 29.3 Å². The summed E-state index contributed by atoms with van der Waals surface area (Å²) in [4.78, 5) is 27.6. The first-order valence-electron chi connectivity index (χ1n) is 9.90. The molecular formula is C23H29ClN2O2. The average Bonchev–Trinajstić information content (AvgIpc) is 2.69. The number of nitrogens with one attached hydrogen (secondary N) is 1. The molecule has 0 saturated heterocycles. The lowest BCUT2D eigenvalue weighted by molar-refractivity contribution is -0.140. The highest BCUT2D eigenvalue weighted by Gasteiger charge is 2.28. The van der Waals surface area contributed by atoms with Crippen LogP contribution in [0.15, 0.2) is 54.6 Å². The van der Waals surface area contributed by atoms with Gasteiger partial charge in [0.15, 0.2) is 0 Å². The minimum Gasteiger partial charge on any atom is -0.354 e. The van der Waals surface area contributed by atoms with Crippen LogP contribution < -0.4 is 5.32 Å². The van der Waals surface area contributed by atoms with Crippen molar-refractivity contribution in [1.29, 1.82) is 0 Å². The van der Waals surface area contributed by atoms with Gasteiger partial charge in [-0.15, -0.1) is 0 Å². The summed E-state index contributed by atoms with van der Waals surface area (Å²) in [7, 11) is 0. The zero-order valence-corrected chi connectivity index (χ0v) is 17.4. The summed E-state index contributed by atoms with van der Waals surface area (Å²) >= 11 is 6.06. The summed E-state index contributed by atoms with van der Waals surface area (Å²) in [5, 5.41) is 3.58. The van der Waals surface area contributed by atoms with Crippen LogP contribution in [0.25, 0.3) is 0 Å². The quantitative estimate of drug-likeness (QED) is 0.592. The maximum atomic E-state index is 13.2. The molecule has 0 unspecified atom stereocenters. The van der Waals surface area contributed by atoms with Gasteiger partial charge >= 0.3 is 0 Å². The Morgan fingerprint density at radius 3 is 2.39 bits per heavy atom. The smallest absolute Gasteiger partial charge is 0.242 e. The Morgan fingerprint density at radius 2 is 1.75 bits per heavy atom. The van der Waals surface area contributed by atoms with Crippen LogP contribution in [0.3, 0.4) is 0 Å². The average molecular weight is 401 g/mol. The molecule has 0 aliphatic rings. The van der Waals surface area contributed by atoms with Gasteiger partial charge in [-0.1, -0.05) is 74.3 Å². The van der Waals surface area contributed by atoms with E-state index in [0.29, 0.717) is 24.5 Å². The van der Waals surface area contributed by atoms with Crippen molar-refractivity contribution in [1.82, 2.24) is 10.2 Å². The Labute approximate surface area is 172 Å². The molecule has 4 nitrogen and oxygen atoms in total. The van der Waals surface area contributed by atoms with E-state index in [2.05, 4.69) is 12.2 Å². The van der Waals surface area contributed by atoms with Gasteiger partial charge in [0.1, 0.15) is 6.04 Å². The number of hydrogen-bond donors (Lipinski definition) is 1. The number of carbonyl (C=O) groups is 2. The van der Waals surface area contributed by atoms with Crippen molar-refractivity contribution in [3.8, 4) is 0 Å². The summed E-state index contributed by atoms with van der Waals surface area (Å²) in [6.07, 6.45) is 2.72. The highest BCUT2D eigenvalue weighted by molar-refractivity contribution is 6.30. The van der Waals surface area contributed by atoms with Crippen LogP contribution in [0, 0.1) is 0 Å². The third-order valence-corrected chi connectivity index (χ3v) is 4.89. The highest BCUT2D eigenvalue weighted by atomic mass is 35.5. The van der Waals surface area contributed by atoms with Gasteiger partial charge in [-0.25, -0.2) is 0 Å². The normalized spacial score (nSPS) is 11.7. The van der Waals surface area contributed by atoms with E-state index in [9.17, 15) is 9.59 Å². The zero-order valence-electron chi connectivity index (χ0n) is 16.7. The van der Waals surface area contributed by atoms with Gasteiger partial charge in [0, 0.05) is 18.1 Å². The van der Waals surface area contributed by atoms with Gasteiger partial charge in [0.05, 0.1) is 6.42 Å². The van der Waals surface area contributed by atoms with Crippen molar-refractivity contribution in [2.45, 2.75) is 52.1 Å². The van der Waals surface area contributed by atoms with Gasteiger partial charge < -0.3 is 10.2 Å². The summed E-state index contributed by atoms with van der Waals surface area (Å²) in [6.45, 7) is 5.06. The summed E-state index contributed by atoms with van der Waals surface area (Å²) in [5.74, 6) is -0.171. The lowest BCUT2D eigenvalue weighted by Gasteiger charge is -2.31. The second-order valence-corrected chi connectivity index (χ2v) is 7.32. The molecule has 2 aromatic rings. The van der Waals surface area contributed by atoms with E-state index in [1.165, 1.54) is 0 Å². The Bertz CT molecular complexity index is 764. The molecule has 150 valence electrons. The number of rotatable bonds is 10. The van der Waals surface area contributed by atoms with Crippen molar-refractivity contribution in [2.24, 2.45) is 0 Å². The molecule has 0 spiro atoms. The molecule has 5 heteroatoms. The monoisotopic (exact) mass is 400 g/mol. The Morgan fingerprint density at radius 1 is 1.04 bits per heavy atom.